The van der Waals surface area contributed by atoms with Crippen LogP contribution in [0.3, 0.4) is 0 Å². The lowest BCUT2D eigenvalue weighted by Gasteiger charge is -2.10. The number of rotatable bonds is 5. The second-order valence-corrected chi connectivity index (χ2v) is 5.20. The summed E-state index contributed by atoms with van der Waals surface area (Å²) in [7, 11) is 0. The predicted molar refractivity (Wildman–Crippen MR) is 82.8 cm³/mol. The number of halogens is 1. The summed E-state index contributed by atoms with van der Waals surface area (Å²) in [5, 5.41) is 6.10. The van der Waals surface area contributed by atoms with Crippen molar-refractivity contribution in [2.45, 2.75) is 26.4 Å². The highest BCUT2D eigenvalue weighted by atomic mass is 19.1. The Balaban J connectivity index is 2.05. The Morgan fingerprint density at radius 3 is 2.62 bits per heavy atom. The molecule has 1 amide bonds. The minimum Gasteiger partial charge on any atom is -0.322 e. The third-order valence-corrected chi connectivity index (χ3v) is 2.99. The van der Waals surface area contributed by atoms with E-state index in [0.717, 1.165) is 12.1 Å². The molecule has 2 N–H and O–H groups in total. The summed E-state index contributed by atoms with van der Waals surface area (Å²) >= 11 is 0. The number of hydrogen-bond acceptors (Lipinski definition) is 2. The first-order valence-corrected chi connectivity index (χ1v) is 6.94. The van der Waals surface area contributed by atoms with Gasteiger partial charge in [-0.3, -0.25) is 4.79 Å². The summed E-state index contributed by atoms with van der Waals surface area (Å²) in [6.07, 6.45) is 0. The molecule has 0 bridgehead atoms. The Morgan fingerprint density at radius 2 is 1.90 bits per heavy atom. The number of nitrogens with one attached hydrogen (secondary N) is 2. The van der Waals surface area contributed by atoms with E-state index in [1.807, 2.05) is 24.3 Å². The van der Waals surface area contributed by atoms with Gasteiger partial charge in [-0.25, -0.2) is 4.39 Å². The maximum atomic E-state index is 13.1. The van der Waals surface area contributed by atoms with Crippen LogP contribution in [0.15, 0.2) is 48.5 Å². The Labute approximate surface area is 124 Å². The number of carbonyl (C=O) groups excluding carboxylic acids is 1. The van der Waals surface area contributed by atoms with Gasteiger partial charge in [0.25, 0.3) is 5.91 Å². The van der Waals surface area contributed by atoms with Gasteiger partial charge in [0.1, 0.15) is 5.82 Å². The number of benzene rings is 2. The Kier molecular flexibility index (Phi) is 5.06. The van der Waals surface area contributed by atoms with Crippen LogP contribution >= 0.6 is 0 Å². The van der Waals surface area contributed by atoms with Crippen LogP contribution < -0.4 is 10.6 Å². The lowest BCUT2D eigenvalue weighted by Crippen LogP contribution is -2.21. The number of amides is 1. The first kappa shape index (κ1) is 15.2. The zero-order valence-corrected chi connectivity index (χ0v) is 12.2. The van der Waals surface area contributed by atoms with E-state index in [1.54, 1.807) is 6.07 Å². The van der Waals surface area contributed by atoms with Gasteiger partial charge in [0.05, 0.1) is 0 Å². The summed E-state index contributed by atoms with van der Waals surface area (Å²) in [5.74, 6) is -0.735. The number of hydrogen-bond donors (Lipinski definition) is 2. The van der Waals surface area contributed by atoms with E-state index >= 15 is 0 Å². The van der Waals surface area contributed by atoms with Gasteiger partial charge in [-0.15, -0.1) is 0 Å². The zero-order chi connectivity index (χ0) is 15.2. The molecule has 3 nitrogen and oxygen atoms in total. The Hall–Kier alpha value is -2.20. The molecule has 0 aliphatic rings. The zero-order valence-electron chi connectivity index (χ0n) is 12.2. The van der Waals surface area contributed by atoms with E-state index in [2.05, 4.69) is 24.5 Å². The molecule has 0 heterocycles. The van der Waals surface area contributed by atoms with Crippen molar-refractivity contribution in [2.24, 2.45) is 0 Å². The largest absolute Gasteiger partial charge is 0.322 e. The first-order valence-electron chi connectivity index (χ1n) is 6.94. The Morgan fingerprint density at radius 1 is 1.14 bits per heavy atom. The highest BCUT2D eigenvalue weighted by Crippen LogP contribution is 2.13. The fourth-order valence-corrected chi connectivity index (χ4v) is 1.91. The minimum absolute atomic E-state index is 0.306. The summed E-state index contributed by atoms with van der Waals surface area (Å²) in [6.45, 7) is 4.90. The van der Waals surface area contributed by atoms with E-state index in [0.29, 0.717) is 17.3 Å². The average Bonchev–Trinajstić information content (AvgIpc) is 2.45. The van der Waals surface area contributed by atoms with Crippen LogP contribution in [0, 0.1) is 5.82 Å². The highest BCUT2D eigenvalue weighted by Gasteiger charge is 2.07. The van der Waals surface area contributed by atoms with E-state index < -0.39 is 5.82 Å². The SMILES string of the molecule is CC(C)NCc1cccc(NC(=O)c2cccc(F)c2)c1. The van der Waals surface area contributed by atoms with E-state index in [-0.39, 0.29) is 5.91 Å². The highest BCUT2D eigenvalue weighted by molar-refractivity contribution is 6.04. The fraction of sp³-hybridized carbons (Fsp3) is 0.235. The molecule has 0 aliphatic heterocycles. The monoisotopic (exact) mass is 286 g/mol. The van der Waals surface area contributed by atoms with Crippen molar-refractivity contribution in [2.75, 3.05) is 5.32 Å². The van der Waals surface area contributed by atoms with E-state index in [1.165, 1.54) is 18.2 Å². The molecule has 0 atom stereocenters. The second kappa shape index (κ2) is 6.99. The van der Waals surface area contributed by atoms with E-state index in [4.69, 9.17) is 0 Å². The fourth-order valence-electron chi connectivity index (χ4n) is 1.91. The van der Waals surface area contributed by atoms with Crippen molar-refractivity contribution in [3.05, 3.63) is 65.5 Å². The third kappa shape index (κ3) is 4.68. The quantitative estimate of drug-likeness (QED) is 0.882. The molecule has 4 heteroatoms. The molecule has 2 aromatic carbocycles. The molecular formula is C17H19FN2O. The van der Waals surface area contributed by atoms with Gasteiger partial charge in [-0.1, -0.05) is 32.0 Å². The van der Waals surface area contributed by atoms with Crippen LogP contribution in [0.4, 0.5) is 10.1 Å². The van der Waals surface area contributed by atoms with Crippen LogP contribution in [0.25, 0.3) is 0 Å². The molecule has 110 valence electrons. The first-order chi connectivity index (χ1) is 10.0. The molecular weight excluding hydrogens is 267 g/mol. The van der Waals surface area contributed by atoms with Crippen LogP contribution in [0.1, 0.15) is 29.8 Å². The molecule has 0 fully saturated rings. The molecule has 0 aliphatic carbocycles. The standard InChI is InChI=1S/C17H19FN2O/c1-12(2)19-11-13-5-3-8-16(9-13)20-17(21)14-6-4-7-15(18)10-14/h3-10,12,19H,11H2,1-2H3,(H,20,21). The lowest BCUT2D eigenvalue weighted by atomic mass is 10.1. The van der Waals surface area contributed by atoms with Crippen LogP contribution in [0.5, 0.6) is 0 Å². The topological polar surface area (TPSA) is 41.1 Å². The van der Waals surface area contributed by atoms with Gasteiger partial charge in [-0.2, -0.15) is 0 Å². The van der Waals surface area contributed by atoms with Crippen LogP contribution in [-0.2, 0) is 6.54 Å². The average molecular weight is 286 g/mol. The van der Waals surface area contributed by atoms with Crippen molar-refractivity contribution in [3.63, 3.8) is 0 Å². The number of anilines is 1. The van der Waals surface area contributed by atoms with Crippen molar-refractivity contribution in [1.29, 1.82) is 0 Å². The van der Waals surface area contributed by atoms with Crippen molar-refractivity contribution >= 4 is 11.6 Å². The third-order valence-electron chi connectivity index (χ3n) is 2.99. The molecule has 0 spiro atoms. The Bertz CT molecular complexity index is 626. The van der Waals surface area contributed by atoms with E-state index in [9.17, 15) is 9.18 Å². The van der Waals surface area contributed by atoms with Gasteiger partial charge in [0.2, 0.25) is 0 Å². The molecule has 0 radical (unpaired) electrons. The molecule has 0 unspecified atom stereocenters. The molecule has 2 aromatic rings. The molecule has 0 saturated carbocycles. The second-order valence-electron chi connectivity index (χ2n) is 5.20. The van der Waals surface area contributed by atoms with Gasteiger partial charge in [-0.05, 0) is 35.9 Å². The van der Waals surface area contributed by atoms with Crippen LogP contribution in [-0.4, -0.2) is 11.9 Å². The van der Waals surface area contributed by atoms with Crippen molar-refractivity contribution in [1.82, 2.24) is 5.32 Å². The van der Waals surface area contributed by atoms with Crippen molar-refractivity contribution in [3.8, 4) is 0 Å². The summed E-state index contributed by atoms with van der Waals surface area (Å²) in [5.41, 5.74) is 2.09. The maximum absolute atomic E-state index is 13.1. The van der Waals surface area contributed by atoms with Gasteiger partial charge < -0.3 is 10.6 Å². The molecule has 0 saturated heterocycles. The van der Waals surface area contributed by atoms with Crippen molar-refractivity contribution < 1.29 is 9.18 Å². The molecule has 21 heavy (non-hydrogen) atoms. The normalized spacial score (nSPS) is 10.7. The molecule has 0 aromatic heterocycles. The minimum atomic E-state index is -0.419. The lowest BCUT2D eigenvalue weighted by molar-refractivity contribution is 0.102. The summed E-state index contributed by atoms with van der Waals surface area (Å²) in [6, 6.07) is 13.6. The summed E-state index contributed by atoms with van der Waals surface area (Å²) in [4.78, 5) is 12.1. The predicted octanol–water partition coefficient (Wildman–Crippen LogP) is 3.58. The maximum Gasteiger partial charge on any atom is 0.255 e. The number of carbonyl (C=O) groups is 1. The summed E-state index contributed by atoms with van der Waals surface area (Å²) < 4.78 is 13.1. The van der Waals surface area contributed by atoms with Gasteiger partial charge in [0.15, 0.2) is 0 Å². The smallest absolute Gasteiger partial charge is 0.255 e. The van der Waals surface area contributed by atoms with Gasteiger partial charge in [0, 0.05) is 23.8 Å². The van der Waals surface area contributed by atoms with Crippen LogP contribution in [0.2, 0.25) is 0 Å². The molecule has 2 rings (SSSR count). The van der Waals surface area contributed by atoms with Gasteiger partial charge >= 0.3 is 0 Å².